The number of amides is 2. The number of aromatic nitrogens is 1. The molecule has 2 amide bonds. The van der Waals surface area contributed by atoms with E-state index in [4.69, 9.17) is 19.9 Å². The van der Waals surface area contributed by atoms with E-state index in [1.54, 1.807) is 37.3 Å². The van der Waals surface area contributed by atoms with E-state index in [2.05, 4.69) is 10.3 Å². The van der Waals surface area contributed by atoms with Gasteiger partial charge in [-0.3, -0.25) is 9.59 Å². The fourth-order valence-electron chi connectivity index (χ4n) is 2.86. The van der Waals surface area contributed by atoms with Gasteiger partial charge >= 0.3 is 0 Å². The summed E-state index contributed by atoms with van der Waals surface area (Å²) in [6.45, 7) is 2.86. The lowest BCUT2D eigenvalue weighted by Gasteiger charge is -2.23. The van der Waals surface area contributed by atoms with Crippen LogP contribution in [-0.4, -0.2) is 42.2 Å². The highest BCUT2D eigenvalue weighted by Crippen LogP contribution is 2.21. The zero-order chi connectivity index (χ0) is 20.6. The van der Waals surface area contributed by atoms with Gasteiger partial charge in [-0.25, -0.2) is 4.98 Å². The molecule has 8 heteroatoms. The van der Waals surface area contributed by atoms with Gasteiger partial charge in [0.05, 0.1) is 24.6 Å². The molecule has 8 nitrogen and oxygen atoms in total. The molecule has 0 radical (unpaired) electrons. The zero-order valence-electron chi connectivity index (χ0n) is 16.3. The average molecular weight is 399 g/mol. The summed E-state index contributed by atoms with van der Waals surface area (Å²) in [4.78, 5) is 27.7. The van der Waals surface area contributed by atoms with Crippen molar-refractivity contribution in [3.63, 3.8) is 0 Å². The fraction of sp³-hybridized carbons (Fsp3) is 0.381. The second-order valence-corrected chi connectivity index (χ2v) is 6.83. The maximum absolute atomic E-state index is 12.3. The Morgan fingerprint density at radius 1 is 1.31 bits per heavy atom. The van der Waals surface area contributed by atoms with Crippen molar-refractivity contribution in [2.75, 3.05) is 18.5 Å². The summed E-state index contributed by atoms with van der Waals surface area (Å²) < 4.78 is 16.8. The number of primary amides is 1. The number of anilines is 1. The molecule has 2 heterocycles. The van der Waals surface area contributed by atoms with E-state index in [1.807, 2.05) is 0 Å². The van der Waals surface area contributed by atoms with E-state index in [0.717, 1.165) is 25.9 Å². The first-order chi connectivity index (χ1) is 14.0. The fourth-order valence-corrected chi connectivity index (χ4v) is 2.86. The van der Waals surface area contributed by atoms with Crippen molar-refractivity contribution in [2.45, 2.75) is 38.4 Å². The number of rotatable bonds is 8. The molecule has 2 unspecified atom stereocenters. The van der Waals surface area contributed by atoms with Gasteiger partial charge in [0.25, 0.3) is 5.91 Å². The Morgan fingerprint density at radius 3 is 2.86 bits per heavy atom. The van der Waals surface area contributed by atoms with Crippen LogP contribution in [-0.2, 0) is 14.3 Å². The van der Waals surface area contributed by atoms with Crippen LogP contribution < -0.4 is 15.8 Å². The van der Waals surface area contributed by atoms with Gasteiger partial charge in [0, 0.05) is 18.2 Å². The lowest BCUT2D eigenvalue weighted by atomic mass is 10.1. The van der Waals surface area contributed by atoms with E-state index in [9.17, 15) is 9.59 Å². The molecule has 2 atom stereocenters. The normalized spacial score (nSPS) is 17.3. The summed E-state index contributed by atoms with van der Waals surface area (Å²) in [5.74, 6) is -0.0285. The van der Waals surface area contributed by atoms with E-state index in [0.29, 0.717) is 29.5 Å². The van der Waals surface area contributed by atoms with E-state index in [1.165, 1.54) is 12.3 Å². The smallest absolute Gasteiger partial charge is 0.253 e. The van der Waals surface area contributed by atoms with Crippen molar-refractivity contribution in [3.8, 4) is 11.6 Å². The minimum atomic E-state index is -0.604. The van der Waals surface area contributed by atoms with E-state index in [-0.39, 0.29) is 12.0 Å². The van der Waals surface area contributed by atoms with E-state index < -0.39 is 12.0 Å². The van der Waals surface area contributed by atoms with Crippen molar-refractivity contribution >= 4 is 17.5 Å². The van der Waals surface area contributed by atoms with Crippen molar-refractivity contribution in [1.29, 1.82) is 0 Å². The Labute approximate surface area is 169 Å². The SMILES string of the molecule is CC(OCC1CCCCO1)C(=O)Nc1ccc(Oc2cccc(C(N)=O)c2)nc1. The van der Waals surface area contributed by atoms with Crippen LogP contribution in [0.4, 0.5) is 5.69 Å². The Hall–Kier alpha value is -2.97. The van der Waals surface area contributed by atoms with Crippen molar-refractivity contribution in [3.05, 3.63) is 48.2 Å². The first kappa shape index (κ1) is 20.8. The molecule has 0 saturated carbocycles. The second kappa shape index (κ2) is 9.99. The molecule has 1 aliphatic rings. The van der Waals surface area contributed by atoms with Crippen LogP contribution in [0.5, 0.6) is 11.6 Å². The van der Waals surface area contributed by atoms with Gasteiger partial charge in [0.1, 0.15) is 11.9 Å². The molecule has 154 valence electrons. The van der Waals surface area contributed by atoms with Crippen LogP contribution in [0.3, 0.4) is 0 Å². The van der Waals surface area contributed by atoms with Crippen LogP contribution in [0.1, 0.15) is 36.5 Å². The molecule has 1 saturated heterocycles. The number of ether oxygens (including phenoxy) is 3. The van der Waals surface area contributed by atoms with Crippen molar-refractivity contribution in [1.82, 2.24) is 4.98 Å². The number of carbonyl (C=O) groups excluding carboxylic acids is 2. The molecule has 1 fully saturated rings. The molecule has 29 heavy (non-hydrogen) atoms. The summed E-state index contributed by atoms with van der Waals surface area (Å²) in [6.07, 6.45) is 4.11. The predicted octanol–water partition coefficient (Wildman–Crippen LogP) is 2.89. The summed E-state index contributed by atoms with van der Waals surface area (Å²) >= 11 is 0. The lowest BCUT2D eigenvalue weighted by molar-refractivity contribution is -0.130. The summed E-state index contributed by atoms with van der Waals surface area (Å²) in [6, 6.07) is 9.80. The lowest BCUT2D eigenvalue weighted by Crippen LogP contribution is -2.32. The number of carbonyl (C=O) groups is 2. The highest BCUT2D eigenvalue weighted by Gasteiger charge is 2.19. The molecular weight excluding hydrogens is 374 g/mol. The number of nitrogens with one attached hydrogen (secondary N) is 1. The largest absolute Gasteiger partial charge is 0.439 e. The first-order valence-electron chi connectivity index (χ1n) is 9.59. The maximum Gasteiger partial charge on any atom is 0.253 e. The summed E-state index contributed by atoms with van der Waals surface area (Å²) in [5.41, 5.74) is 6.13. The Bertz CT molecular complexity index is 834. The first-order valence-corrected chi connectivity index (χ1v) is 9.59. The minimum absolute atomic E-state index is 0.0603. The van der Waals surface area contributed by atoms with Gasteiger partial charge in [-0.15, -0.1) is 0 Å². The molecule has 1 aromatic carbocycles. The van der Waals surface area contributed by atoms with Gasteiger partial charge in [-0.1, -0.05) is 6.07 Å². The standard InChI is InChI=1S/C21H25N3O5/c1-14(28-13-18-6-2-3-10-27-18)21(26)24-16-8-9-19(23-12-16)29-17-7-4-5-15(11-17)20(22)25/h4-5,7-9,11-12,14,18H,2-3,6,10,13H2,1H3,(H2,22,25)(H,24,26). The second-order valence-electron chi connectivity index (χ2n) is 6.83. The number of nitrogens with two attached hydrogens (primary N) is 1. The van der Waals surface area contributed by atoms with Crippen LogP contribution in [0.2, 0.25) is 0 Å². The summed E-state index contributed by atoms with van der Waals surface area (Å²) in [5, 5.41) is 2.76. The van der Waals surface area contributed by atoms with Crippen molar-refractivity contribution < 1.29 is 23.8 Å². The highest BCUT2D eigenvalue weighted by atomic mass is 16.5. The minimum Gasteiger partial charge on any atom is -0.439 e. The third-order valence-electron chi connectivity index (χ3n) is 4.52. The van der Waals surface area contributed by atoms with Gasteiger partial charge < -0.3 is 25.3 Å². The van der Waals surface area contributed by atoms with Crippen LogP contribution in [0.15, 0.2) is 42.6 Å². The van der Waals surface area contributed by atoms with Crippen LogP contribution in [0, 0.1) is 0 Å². The predicted molar refractivity (Wildman–Crippen MR) is 107 cm³/mol. The van der Waals surface area contributed by atoms with Gasteiger partial charge in [0.15, 0.2) is 0 Å². The molecule has 2 aromatic rings. The Morgan fingerprint density at radius 2 is 2.17 bits per heavy atom. The Kier molecular flexibility index (Phi) is 7.15. The Balaban J connectivity index is 1.49. The van der Waals surface area contributed by atoms with Gasteiger partial charge in [-0.05, 0) is 50.5 Å². The molecule has 3 N–H and O–H groups in total. The molecule has 0 spiro atoms. The molecule has 1 aromatic heterocycles. The number of hydrogen-bond donors (Lipinski definition) is 2. The molecule has 3 rings (SSSR count). The number of hydrogen-bond acceptors (Lipinski definition) is 6. The zero-order valence-corrected chi connectivity index (χ0v) is 16.3. The maximum atomic E-state index is 12.3. The topological polar surface area (TPSA) is 113 Å². The number of benzene rings is 1. The monoisotopic (exact) mass is 399 g/mol. The average Bonchev–Trinajstić information content (AvgIpc) is 2.74. The quantitative estimate of drug-likeness (QED) is 0.706. The number of nitrogens with zero attached hydrogens (tertiary/aromatic N) is 1. The molecule has 0 aliphatic carbocycles. The third kappa shape index (κ3) is 6.27. The van der Waals surface area contributed by atoms with Crippen LogP contribution >= 0.6 is 0 Å². The number of pyridine rings is 1. The molecule has 0 bridgehead atoms. The third-order valence-corrected chi connectivity index (χ3v) is 4.52. The van der Waals surface area contributed by atoms with E-state index >= 15 is 0 Å². The van der Waals surface area contributed by atoms with Crippen LogP contribution in [0.25, 0.3) is 0 Å². The highest BCUT2D eigenvalue weighted by molar-refractivity contribution is 5.94. The molecular formula is C21H25N3O5. The van der Waals surface area contributed by atoms with Crippen molar-refractivity contribution in [2.24, 2.45) is 5.73 Å². The van der Waals surface area contributed by atoms with Gasteiger partial charge in [-0.2, -0.15) is 0 Å². The molecule has 1 aliphatic heterocycles. The summed E-state index contributed by atoms with van der Waals surface area (Å²) in [7, 11) is 0. The van der Waals surface area contributed by atoms with Gasteiger partial charge in [0.2, 0.25) is 11.8 Å².